The van der Waals surface area contributed by atoms with Crippen LogP contribution in [0.5, 0.6) is 0 Å². The summed E-state index contributed by atoms with van der Waals surface area (Å²) in [4.78, 5) is 30.2. The molecular formula is C25H40ClN3O4S. The van der Waals surface area contributed by atoms with Gasteiger partial charge in [0.05, 0.1) is 4.90 Å². The lowest BCUT2D eigenvalue weighted by Gasteiger charge is -2.42. The van der Waals surface area contributed by atoms with E-state index in [0.29, 0.717) is 31.1 Å². The first-order chi connectivity index (χ1) is 16.0. The highest BCUT2D eigenvalue weighted by atomic mass is 35.5. The van der Waals surface area contributed by atoms with Gasteiger partial charge < -0.3 is 9.80 Å². The first-order valence-corrected chi connectivity index (χ1v) is 14.3. The van der Waals surface area contributed by atoms with Crippen molar-refractivity contribution in [2.24, 2.45) is 11.8 Å². The highest BCUT2D eigenvalue weighted by Gasteiger charge is 2.37. The molecule has 2 amide bonds. The van der Waals surface area contributed by atoms with Crippen molar-refractivity contribution >= 4 is 33.4 Å². The molecule has 4 atom stereocenters. The molecule has 1 saturated heterocycles. The van der Waals surface area contributed by atoms with Gasteiger partial charge in [0.2, 0.25) is 21.8 Å². The fourth-order valence-electron chi connectivity index (χ4n) is 4.36. The monoisotopic (exact) mass is 513 g/mol. The molecule has 1 aromatic carbocycles. The number of hydrogen-bond acceptors (Lipinski definition) is 4. The molecule has 34 heavy (non-hydrogen) atoms. The van der Waals surface area contributed by atoms with E-state index in [2.05, 4.69) is 11.6 Å². The Bertz CT molecular complexity index is 923. The van der Waals surface area contributed by atoms with Crippen molar-refractivity contribution in [2.45, 2.75) is 83.7 Å². The predicted molar refractivity (Wildman–Crippen MR) is 136 cm³/mol. The van der Waals surface area contributed by atoms with Crippen molar-refractivity contribution in [3.8, 4) is 0 Å². The normalized spacial score (nSPS) is 19.5. The van der Waals surface area contributed by atoms with E-state index < -0.39 is 16.1 Å². The van der Waals surface area contributed by atoms with E-state index in [1.165, 1.54) is 24.3 Å². The lowest BCUT2D eigenvalue weighted by Crippen LogP contribution is -2.60. The van der Waals surface area contributed by atoms with E-state index in [4.69, 9.17) is 11.6 Å². The van der Waals surface area contributed by atoms with Gasteiger partial charge in [-0.25, -0.2) is 8.42 Å². The van der Waals surface area contributed by atoms with Crippen LogP contribution in [0.15, 0.2) is 29.2 Å². The summed E-state index contributed by atoms with van der Waals surface area (Å²) < 4.78 is 28.6. The van der Waals surface area contributed by atoms with Crippen molar-refractivity contribution < 1.29 is 18.0 Å². The van der Waals surface area contributed by atoms with Crippen LogP contribution in [-0.4, -0.2) is 61.7 Å². The minimum absolute atomic E-state index is 0.0173. The first-order valence-electron chi connectivity index (χ1n) is 12.4. The molecule has 1 aromatic rings. The molecule has 0 spiro atoms. The Morgan fingerprint density at radius 1 is 1.09 bits per heavy atom. The van der Waals surface area contributed by atoms with Crippen LogP contribution in [0.4, 0.5) is 0 Å². The van der Waals surface area contributed by atoms with Crippen molar-refractivity contribution in [3.05, 3.63) is 29.3 Å². The summed E-state index contributed by atoms with van der Waals surface area (Å²) in [5.74, 6) is -0.256. The smallest absolute Gasteiger partial charge is 0.241 e. The number of piperazine rings is 1. The Morgan fingerprint density at radius 2 is 1.74 bits per heavy atom. The minimum atomic E-state index is -3.90. The average Bonchev–Trinajstić information content (AvgIpc) is 2.82. The third kappa shape index (κ3) is 7.18. The summed E-state index contributed by atoms with van der Waals surface area (Å²) in [6.07, 6.45) is 4.43. The Hall–Kier alpha value is -1.64. The molecule has 192 valence electrons. The molecule has 1 aliphatic heterocycles. The number of sulfonamides is 1. The average molecular weight is 514 g/mol. The van der Waals surface area contributed by atoms with E-state index >= 15 is 0 Å². The summed E-state index contributed by atoms with van der Waals surface area (Å²) in [5, 5.41) is 0.440. The van der Waals surface area contributed by atoms with Crippen LogP contribution < -0.4 is 4.72 Å². The maximum absolute atomic E-state index is 13.5. The third-order valence-corrected chi connectivity index (χ3v) is 8.56. The highest BCUT2D eigenvalue weighted by Crippen LogP contribution is 2.22. The van der Waals surface area contributed by atoms with Gasteiger partial charge in [0, 0.05) is 36.6 Å². The van der Waals surface area contributed by atoms with E-state index in [1.54, 1.807) is 4.90 Å². The molecule has 2 rings (SSSR count). The van der Waals surface area contributed by atoms with E-state index in [0.717, 1.165) is 25.7 Å². The second kappa shape index (κ2) is 12.9. The standard InChI is InChI=1S/C25H40ClN3O4S/c1-6-9-10-20(8-3)24(30)29-16-15-28(17-19(29)5)25(31)23(18(4)7-2)27-34(32,33)22-13-11-21(26)12-14-22/h11-14,18-20,23,27H,6-10,15-17H2,1-5H3. The van der Waals surface area contributed by atoms with Gasteiger partial charge in [0.1, 0.15) is 6.04 Å². The number of nitrogens with one attached hydrogen (secondary N) is 1. The number of rotatable bonds is 11. The van der Waals surface area contributed by atoms with Crippen LogP contribution in [-0.2, 0) is 19.6 Å². The predicted octanol–water partition coefficient (Wildman–Crippen LogP) is 4.31. The summed E-state index contributed by atoms with van der Waals surface area (Å²) in [6, 6.07) is 4.88. The lowest BCUT2D eigenvalue weighted by atomic mass is 9.96. The summed E-state index contributed by atoms with van der Waals surface area (Å²) in [7, 11) is -3.90. The van der Waals surface area contributed by atoms with Gasteiger partial charge in [-0.1, -0.05) is 58.6 Å². The zero-order valence-corrected chi connectivity index (χ0v) is 22.7. The van der Waals surface area contributed by atoms with Crippen LogP contribution in [0.1, 0.15) is 66.7 Å². The molecule has 1 fully saturated rings. The Labute approximate surface area is 210 Å². The number of amides is 2. The fourth-order valence-corrected chi connectivity index (χ4v) is 5.79. The molecule has 4 unspecified atom stereocenters. The van der Waals surface area contributed by atoms with Crippen LogP contribution in [0.25, 0.3) is 0 Å². The highest BCUT2D eigenvalue weighted by molar-refractivity contribution is 7.89. The van der Waals surface area contributed by atoms with Crippen LogP contribution in [0.2, 0.25) is 5.02 Å². The molecule has 1 heterocycles. The van der Waals surface area contributed by atoms with Crippen molar-refractivity contribution in [3.63, 3.8) is 0 Å². The first kappa shape index (κ1) is 28.6. The molecule has 0 bridgehead atoms. The Kier molecular flexibility index (Phi) is 10.8. The van der Waals surface area contributed by atoms with Crippen molar-refractivity contribution in [2.75, 3.05) is 19.6 Å². The van der Waals surface area contributed by atoms with Gasteiger partial charge in [-0.3, -0.25) is 9.59 Å². The maximum atomic E-state index is 13.5. The van der Waals surface area contributed by atoms with Gasteiger partial charge >= 0.3 is 0 Å². The van der Waals surface area contributed by atoms with E-state index in [9.17, 15) is 18.0 Å². The van der Waals surface area contributed by atoms with Gasteiger partial charge in [0.25, 0.3) is 0 Å². The zero-order chi connectivity index (χ0) is 25.5. The number of unbranched alkanes of at least 4 members (excludes halogenated alkanes) is 1. The molecule has 1 aliphatic rings. The van der Waals surface area contributed by atoms with Gasteiger partial charge in [-0.15, -0.1) is 0 Å². The van der Waals surface area contributed by atoms with Gasteiger partial charge in [0.15, 0.2) is 0 Å². The largest absolute Gasteiger partial charge is 0.337 e. The van der Waals surface area contributed by atoms with Gasteiger partial charge in [-0.05, 0) is 49.9 Å². The molecule has 1 N–H and O–H groups in total. The summed E-state index contributed by atoms with van der Waals surface area (Å²) in [5.41, 5.74) is 0. The van der Waals surface area contributed by atoms with Gasteiger partial charge in [-0.2, -0.15) is 4.72 Å². The van der Waals surface area contributed by atoms with Crippen LogP contribution in [0, 0.1) is 11.8 Å². The number of benzene rings is 1. The third-order valence-electron chi connectivity index (χ3n) is 6.86. The van der Waals surface area contributed by atoms with E-state index in [1.807, 2.05) is 32.6 Å². The van der Waals surface area contributed by atoms with E-state index in [-0.39, 0.29) is 34.6 Å². The lowest BCUT2D eigenvalue weighted by molar-refractivity contribution is -0.146. The van der Waals surface area contributed by atoms with Crippen LogP contribution in [0.3, 0.4) is 0 Å². The van der Waals surface area contributed by atoms with Crippen LogP contribution >= 0.6 is 11.6 Å². The number of carbonyl (C=O) groups excluding carboxylic acids is 2. The Morgan fingerprint density at radius 3 is 2.26 bits per heavy atom. The molecule has 7 nitrogen and oxygen atoms in total. The molecule has 0 aromatic heterocycles. The Balaban J connectivity index is 2.13. The van der Waals surface area contributed by atoms with Crippen molar-refractivity contribution in [1.82, 2.24) is 14.5 Å². The topological polar surface area (TPSA) is 86.8 Å². The molecule has 0 saturated carbocycles. The number of halogens is 1. The zero-order valence-electron chi connectivity index (χ0n) is 21.1. The summed E-state index contributed by atoms with van der Waals surface area (Å²) in [6.45, 7) is 11.2. The number of nitrogens with zero attached hydrogens (tertiary/aromatic N) is 2. The number of hydrogen-bond donors (Lipinski definition) is 1. The fraction of sp³-hybridized carbons (Fsp3) is 0.680. The SMILES string of the molecule is CCCCC(CC)C(=O)N1CCN(C(=O)C(NS(=O)(=O)c2ccc(Cl)cc2)C(C)CC)CC1C. The second-order valence-electron chi connectivity index (χ2n) is 9.35. The minimum Gasteiger partial charge on any atom is -0.337 e. The molecule has 0 radical (unpaired) electrons. The molecular weight excluding hydrogens is 474 g/mol. The molecule has 9 heteroatoms. The maximum Gasteiger partial charge on any atom is 0.241 e. The molecule has 0 aliphatic carbocycles. The number of carbonyl (C=O) groups is 2. The second-order valence-corrected chi connectivity index (χ2v) is 11.5. The quantitative estimate of drug-likeness (QED) is 0.477. The summed E-state index contributed by atoms with van der Waals surface area (Å²) >= 11 is 5.89. The van der Waals surface area contributed by atoms with Crippen molar-refractivity contribution in [1.29, 1.82) is 0 Å².